The highest BCUT2D eigenvalue weighted by Gasteiger charge is 2.45. The van der Waals surface area contributed by atoms with E-state index in [1.807, 2.05) is 30.3 Å². The van der Waals surface area contributed by atoms with Gasteiger partial charge in [-0.1, -0.05) is 30.3 Å². The van der Waals surface area contributed by atoms with E-state index in [1.54, 1.807) is 30.3 Å². The van der Waals surface area contributed by atoms with E-state index >= 15 is 0 Å². The summed E-state index contributed by atoms with van der Waals surface area (Å²) in [5.74, 6) is 1.16. The molecular weight excluding hydrogens is 641 g/mol. The number of benzene rings is 3. The van der Waals surface area contributed by atoms with Crippen molar-refractivity contribution in [2.45, 2.75) is 78.2 Å². The lowest BCUT2D eigenvalue weighted by Gasteiger charge is -2.38. The standard InChI is InChI=1S/C35H44N2O8S2/c1-43-31-17-28(27-8-5-25(22-36)6-9-27)18-34(20-31)47(41,42)37-15-13-35(14-16-37)21-26(23-45-35)7-10-29(38)24-44-30-3-2-4-33(19-30)46(39,40)32-11-12-32/h2-6,8-9,17-20,26,29,32,38H,7,10-16,21-24,36H2,1H3/t26-,29-/m0/s1. The smallest absolute Gasteiger partial charge is 0.243 e. The van der Waals surface area contributed by atoms with Gasteiger partial charge in [-0.15, -0.1) is 0 Å². The van der Waals surface area contributed by atoms with Gasteiger partial charge < -0.3 is 25.1 Å². The molecule has 1 saturated carbocycles. The second-order valence-corrected chi connectivity index (χ2v) is 17.2. The largest absolute Gasteiger partial charge is 0.497 e. The first-order valence-electron chi connectivity index (χ1n) is 16.3. The number of sulfonamides is 1. The number of aliphatic hydroxyl groups excluding tert-OH is 1. The molecule has 1 aliphatic carbocycles. The molecule has 3 fully saturated rings. The lowest BCUT2D eigenvalue weighted by Crippen LogP contribution is -2.46. The Morgan fingerprint density at radius 2 is 1.68 bits per heavy atom. The molecule has 12 heteroatoms. The SMILES string of the molecule is COc1cc(-c2ccc(CN)cc2)cc(S(=O)(=O)N2CCC3(CC2)C[C@H](CC[C@H](O)COc2cccc(S(=O)(=O)C4CC4)c2)CO3)c1. The van der Waals surface area contributed by atoms with Crippen LogP contribution in [0.15, 0.2) is 76.5 Å². The first kappa shape index (κ1) is 33.9. The first-order valence-corrected chi connectivity index (χ1v) is 19.3. The van der Waals surface area contributed by atoms with Crippen LogP contribution in [0, 0.1) is 5.92 Å². The van der Waals surface area contributed by atoms with Gasteiger partial charge in [0.1, 0.15) is 18.1 Å². The van der Waals surface area contributed by atoms with Crippen LogP contribution in [0.25, 0.3) is 11.1 Å². The van der Waals surface area contributed by atoms with Crippen molar-refractivity contribution in [1.82, 2.24) is 4.31 Å². The van der Waals surface area contributed by atoms with E-state index in [-0.39, 0.29) is 33.2 Å². The molecule has 0 aromatic heterocycles. The molecule has 1 spiro atoms. The number of hydrogen-bond donors (Lipinski definition) is 2. The third kappa shape index (κ3) is 7.68. The summed E-state index contributed by atoms with van der Waals surface area (Å²) < 4.78 is 71.7. The molecule has 2 saturated heterocycles. The van der Waals surface area contributed by atoms with Crippen molar-refractivity contribution in [3.8, 4) is 22.6 Å². The van der Waals surface area contributed by atoms with Crippen LogP contribution in [0.3, 0.4) is 0 Å². The van der Waals surface area contributed by atoms with Gasteiger partial charge in [0.25, 0.3) is 0 Å². The maximum atomic E-state index is 13.8. The van der Waals surface area contributed by atoms with Crippen LogP contribution in [-0.4, -0.2) is 76.6 Å². The molecule has 0 amide bonds. The Hall–Kier alpha value is -3.00. The fourth-order valence-electron chi connectivity index (χ4n) is 6.61. The Morgan fingerprint density at radius 3 is 2.36 bits per heavy atom. The van der Waals surface area contributed by atoms with Crippen molar-refractivity contribution < 1.29 is 36.2 Å². The number of hydrogen-bond acceptors (Lipinski definition) is 9. The van der Waals surface area contributed by atoms with Gasteiger partial charge in [-0.25, -0.2) is 16.8 Å². The second-order valence-electron chi connectivity index (χ2n) is 13.0. The molecule has 2 aliphatic heterocycles. The maximum absolute atomic E-state index is 13.8. The predicted molar refractivity (Wildman–Crippen MR) is 178 cm³/mol. The Bertz CT molecular complexity index is 1770. The number of methoxy groups -OCH3 is 1. The summed E-state index contributed by atoms with van der Waals surface area (Å²) in [5.41, 5.74) is 8.00. The molecule has 0 bridgehead atoms. The minimum atomic E-state index is -3.76. The zero-order chi connectivity index (χ0) is 33.2. The van der Waals surface area contributed by atoms with E-state index in [2.05, 4.69) is 0 Å². The van der Waals surface area contributed by atoms with Crippen LogP contribution < -0.4 is 15.2 Å². The van der Waals surface area contributed by atoms with Crippen molar-refractivity contribution >= 4 is 19.9 Å². The molecule has 2 heterocycles. The summed E-state index contributed by atoms with van der Waals surface area (Å²) >= 11 is 0. The lowest BCUT2D eigenvalue weighted by atomic mass is 9.84. The van der Waals surface area contributed by atoms with Crippen molar-refractivity contribution in [2.75, 3.05) is 33.4 Å². The van der Waals surface area contributed by atoms with Gasteiger partial charge in [0.15, 0.2) is 9.84 Å². The number of nitrogens with zero attached hydrogens (tertiary/aromatic N) is 1. The van der Waals surface area contributed by atoms with Crippen LogP contribution >= 0.6 is 0 Å². The van der Waals surface area contributed by atoms with Crippen molar-refractivity contribution in [3.63, 3.8) is 0 Å². The molecule has 2 atom stereocenters. The van der Waals surface area contributed by atoms with Crippen molar-refractivity contribution in [1.29, 1.82) is 0 Å². The van der Waals surface area contributed by atoms with Gasteiger partial charge in [-0.3, -0.25) is 0 Å². The van der Waals surface area contributed by atoms with E-state index in [9.17, 15) is 21.9 Å². The predicted octanol–water partition coefficient (Wildman–Crippen LogP) is 4.54. The topological polar surface area (TPSA) is 145 Å². The minimum Gasteiger partial charge on any atom is -0.497 e. The molecule has 6 rings (SSSR count). The third-order valence-corrected chi connectivity index (χ3v) is 13.8. The van der Waals surface area contributed by atoms with Crippen LogP contribution in [0.2, 0.25) is 0 Å². The monoisotopic (exact) mass is 684 g/mol. The van der Waals surface area contributed by atoms with Gasteiger partial charge >= 0.3 is 0 Å². The Balaban J connectivity index is 1.00. The van der Waals surface area contributed by atoms with Crippen LogP contribution in [-0.2, 0) is 31.1 Å². The Labute approximate surface area is 277 Å². The van der Waals surface area contributed by atoms with Crippen LogP contribution in [0.4, 0.5) is 0 Å². The molecule has 254 valence electrons. The molecule has 0 unspecified atom stereocenters. The van der Waals surface area contributed by atoms with Crippen LogP contribution in [0.5, 0.6) is 11.5 Å². The van der Waals surface area contributed by atoms with E-state index in [0.717, 1.165) is 29.5 Å². The molecule has 3 aliphatic rings. The summed E-state index contributed by atoms with van der Waals surface area (Å²) in [6, 6.07) is 19.3. The molecule has 3 N–H and O–H groups in total. The summed E-state index contributed by atoms with van der Waals surface area (Å²) in [4.78, 5) is 0.463. The fraction of sp³-hybridized carbons (Fsp3) is 0.486. The van der Waals surface area contributed by atoms with E-state index < -0.39 is 26.0 Å². The number of ether oxygens (including phenoxy) is 3. The first-order chi connectivity index (χ1) is 22.5. The third-order valence-electron chi connectivity index (χ3n) is 9.64. The van der Waals surface area contributed by atoms with Crippen LogP contribution in [0.1, 0.15) is 50.5 Å². The van der Waals surface area contributed by atoms with E-state index in [0.29, 0.717) is 69.8 Å². The number of rotatable bonds is 13. The zero-order valence-electron chi connectivity index (χ0n) is 26.7. The highest BCUT2D eigenvalue weighted by molar-refractivity contribution is 7.92. The molecule has 3 aromatic rings. The molecule has 3 aromatic carbocycles. The number of aliphatic hydroxyl groups is 1. The number of piperidine rings is 1. The average molecular weight is 685 g/mol. The summed E-state index contributed by atoms with van der Waals surface area (Å²) in [6.45, 7) is 1.80. The van der Waals surface area contributed by atoms with Crippen molar-refractivity contribution in [2.24, 2.45) is 11.7 Å². The Morgan fingerprint density at radius 1 is 0.957 bits per heavy atom. The molecular formula is C35H44N2O8S2. The molecule has 47 heavy (non-hydrogen) atoms. The summed E-state index contributed by atoms with van der Waals surface area (Å²) in [6.07, 6.45) is 4.00. The van der Waals surface area contributed by atoms with E-state index in [1.165, 1.54) is 17.5 Å². The van der Waals surface area contributed by atoms with Gasteiger partial charge in [0, 0.05) is 25.7 Å². The zero-order valence-corrected chi connectivity index (χ0v) is 28.3. The lowest BCUT2D eigenvalue weighted by molar-refractivity contribution is -0.0314. The number of nitrogens with two attached hydrogens (primary N) is 1. The highest BCUT2D eigenvalue weighted by atomic mass is 32.2. The average Bonchev–Trinajstić information content (AvgIpc) is 3.89. The van der Waals surface area contributed by atoms with Gasteiger partial charge in [0.2, 0.25) is 10.0 Å². The Kier molecular flexibility index (Phi) is 9.99. The second kappa shape index (κ2) is 13.9. The summed E-state index contributed by atoms with van der Waals surface area (Å²) in [5, 5.41) is 10.3. The fourth-order valence-corrected chi connectivity index (χ4v) is 9.80. The van der Waals surface area contributed by atoms with Gasteiger partial charge in [-0.05, 0) is 97.9 Å². The highest BCUT2D eigenvalue weighted by Crippen LogP contribution is 2.42. The summed E-state index contributed by atoms with van der Waals surface area (Å²) in [7, 11) is -5.54. The quantitative estimate of drug-likeness (QED) is 0.265. The minimum absolute atomic E-state index is 0.0729. The number of sulfone groups is 1. The molecule has 10 nitrogen and oxygen atoms in total. The van der Waals surface area contributed by atoms with Gasteiger partial charge in [0.05, 0.1) is 40.5 Å². The normalized spacial score (nSPS) is 20.7. The molecule has 0 radical (unpaired) electrons. The van der Waals surface area contributed by atoms with E-state index in [4.69, 9.17) is 19.9 Å². The van der Waals surface area contributed by atoms with Crippen molar-refractivity contribution in [3.05, 3.63) is 72.3 Å². The van der Waals surface area contributed by atoms with Gasteiger partial charge in [-0.2, -0.15) is 4.31 Å². The maximum Gasteiger partial charge on any atom is 0.243 e.